The fourth-order valence-corrected chi connectivity index (χ4v) is 4.29. The minimum Gasteiger partial charge on any atom is -0.344 e. The van der Waals surface area contributed by atoms with Gasteiger partial charge in [0, 0.05) is 37.0 Å². The second-order valence-electron chi connectivity index (χ2n) is 6.28. The van der Waals surface area contributed by atoms with Gasteiger partial charge in [-0.05, 0) is 35.9 Å². The van der Waals surface area contributed by atoms with Crippen molar-refractivity contribution in [1.29, 1.82) is 0 Å². The molecule has 4 rings (SSSR count). The molecule has 0 radical (unpaired) electrons. The van der Waals surface area contributed by atoms with Crippen LogP contribution in [-0.4, -0.2) is 25.8 Å². The lowest BCUT2D eigenvalue weighted by Gasteiger charge is -2.22. The molecule has 6 heteroatoms. The fraction of sp³-hybridized carbons (Fsp3) is 0.0909. The third kappa shape index (κ3) is 3.73. The molecule has 1 unspecified atom stereocenters. The Balaban J connectivity index is 1.63. The van der Waals surface area contributed by atoms with E-state index in [0.717, 1.165) is 16.9 Å². The largest absolute Gasteiger partial charge is 0.344 e. The van der Waals surface area contributed by atoms with Crippen LogP contribution in [0.15, 0.2) is 96.5 Å². The van der Waals surface area contributed by atoms with Gasteiger partial charge in [0.2, 0.25) is 5.16 Å². The first kappa shape index (κ1) is 18.1. The van der Waals surface area contributed by atoms with Gasteiger partial charge in [-0.25, -0.2) is 9.97 Å². The molecule has 0 aliphatic carbocycles. The topological polar surface area (TPSA) is 51.0 Å². The van der Waals surface area contributed by atoms with E-state index >= 15 is 0 Å². The molecule has 2 aromatic heterocycles. The summed E-state index contributed by atoms with van der Waals surface area (Å²) < 4.78 is 14.9. The van der Waals surface area contributed by atoms with Crippen molar-refractivity contribution >= 4 is 22.2 Å². The van der Waals surface area contributed by atoms with Crippen LogP contribution in [0.25, 0.3) is 5.82 Å². The Morgan fingerprint density at radius 3 is 2.43 bits per heavy atom. The first-order chi connectivity index (χ1) is 13.7. The van der Waals surface area contributed by atoms with Crippen LogP contribution in [0.1, 0.15) is 5.56 Å². The normalized spacial score (nSPS) is 11.9. The van der Waals surface area contributed by atoms with Gasteiger partial charge < -0.3 is 4.90 Å². The first-order valence-electron chi connectivity index (χ1n) is 8.94. The minimum atomic E-state index is -1.31. The summed E-state index contributed by atoms with van der Waals surface area (Å²) in [5.74, 6) is 1.08. The average molecular weight is 388 g/mol. The van der Waals surface area contributed by atoms with Crippen LogP contribution in [0.5, 0.6) is 0 Å². The molecule has 1 atom stereocenters. The van der Waals surface area contributed by atoms with E-state index in [0.29, 0.717) is 16.7 Å². The van der Waals surface area contributed by atoms with Crippen molar-refractivity contribution in [3.63, 3.8) is 0 Å². The molecule has 5 nitrogen and oxygen atoms in total. The summed E-state index contributed by atoms with van der Waals surface area (Å²) in [6, 6.07) is 23.8. The molecule has 140 valence electrons. The zero-order valence-electron chi connectivity index (χ0n) is 15.5. The third-order valence-corrected chi connectivity index (χ3v) is 5.77. The summed E-state index contributed by atoms with van der Waals surface area (Å²) in [7, 11) is 0.706. The van der Waals surface area contributed by atoms with E-state index in [2.05, 4.69) is 27.0 Å². The Morgan fingerprint density at radius 2 is 1.64 bits per heavy atom. The van der Waals surface area contributed by atoms with Crippen molar-refractivity contribution in [2.24, 2.45) is 0 Å². The molecule has 4 aromatic rings. The summed E-state index contributed by atoms with van der Waals surface area (Å²) in [5.41, 5.74) is 3.11. The smallest absolute Gasteiger partial charge is 0.205 e. The molecular weight excluding hydrogens is 368 g/mol. The monoisotopic (exact) mass is 388 g/mol. The van der Waals surface area contributed by atoms with Crippen molar-refractivity contribution in [1.82, 2.24) is 14.5 Å². The Labute approximate surface area is 166 Å². The lowest BCUT2D eigenvalue weighted by molar-refractivity contribution is 0.671. The van der Waals surface area contributed by atoms with Crippen LogP contribution in [0.4, 0.5) is 11.4 Å². The van der Waals surface area contributed by atoms with Crippen molar-refractivity contribution in [3.8, 4) is 5.82 Å². The molecular formula is C22H20N4OS. The maximum atomic E-state index is 13.2. The molecule has 0 aliphatic heterocycles. The summed E-state index contributed by atoms with van der Waals surface area (Å²) in [5, 5.41) is 0.496. The number of anilines is 2. The highest BCUT2D eigenvalue weighted by Crippen LogP contribution is 2.28. The number of benzene rings is 2. The Kier molecular flexibility index (Phi) is 5.30. The van der Waals surface area contributed by atoms with E-state index in [1.165, 1.54) is 0 Å². The molecule has 0 spiro atoms. The molecule has 0 bridgehead atoms. The Bertz CT molecular complexity index is 1080. The summed E-state index contributed by atoms with van der Waals surface area (Å²) >= 11 is 0. The van der Waals surface area contributed by atoms with Gasteiger partial charge >= 0.3 is 0 Å². The number of nitrogens with zero attached hydrogens (tertiary/aromatic N) is 4. The van der Waals surface area contributed by atoms with E-state index in [1.54, 1.807) is 23.2 Å². The lowest BCUT2D eigenvalue weighted by Crippen LogP contribution is -2.13. The van der Waals surface area contributed by atoms with Crippen LogP contribution in [-0.2, 0) is 16.6 Å². The number of rotatable bonds is 6. The first-order valence-corrected chi connectivity index (χ1v) is 10.3. The maximum absolute atomic E-state index is 13.2. The van der Waals surface area contributed by atoms with Gasteiger partial charge in [0.25, 0.3) is 0 Å². The third-order valence-electron chi connectivity index (χ3n) is 4.49. The molecule has 2 heterocycles. The van der Waals surface area contributed by atoms with Crippen molar-refractivity contribution in [2.45, 2.75) is 10.9 Å². The highest BCUT2D eigenvalue weighted by molar-refractivity contribution is 7.84. The Hall–Kier alpha value is -3.25. The van der Waals surface area contributed by atoms with Gasteiger partial charge in [-0.2, -0.15) is 0 Å². The average Bonchev–Trinajstić information content (AvgIpc) is 3.25. The molecule has 2 aromatic carbocycles. The number of aromatic nitrogens is 3. The minimum absolute atomic E-state index is 0.372. The van der Waals surface area contributed by atoms with Crippen molar-refractivity contribution in [3.05, 3.63) is 97.0 Å². The van der Waals surface area contributed by atoms with Crippen molar-refractivity contribution < 1.29 is 4.21 Å². The van der Waals surface area contributed by atoms with Crippen LogP contribution in [0, 0.1) is 0 Å². The lowest BCUT2D eigenvalue weighted by atomic mass is 10.1. The standard InChI is InChI=1S/C22H20N4OS/c1-25(19-10-3-2-4-11-19)20-12-6-5-9-18(20)17-28(27)22-24-15-16-26(22)21-13-7-8-14-23-21/h2-16H,17H2,1H3. The second kappa shape index (κ2) is 8.19. The zero-order chi connectivity index (χ0) is 19.3. The second-order valence-corrected chi connectivity index (χ2v) is 7.63. The van der Waals surface area contributed by atoms with Crippen molar-refractivity contribution in [2.75, 3.05) is 11.9 Å². The highest BCUT2D eigenvalue weighted by Gasteiger charge is 2.17. The predicted molar refractivity (Wildman–Crippen MR) is 112 cm³/mol. The molecule has 0 aliphatic rings. The quantitative estimate of drug-likeness (QED) is 0.493. The number of hydrogen-bond acceptors (Lipinski definition) is 4. The van der Waals surface area contributed by atoms with E-state index in [1.807, 2.05) is 67.7 Å². The molecule has 0 fully saturated rings. The highest BCUT2D eigenvalue weighted by atomic mass is 32.2. The fourth-order valence-electron chi connectivity index (χ4n) is 3.09. The van der Waals surface area contributed by atoms with Crippen LogP contribution in [0.2, 0.25) is 0 Å². The van der Waals surface area contributed by atoms with Crippen LogP contribution >= 0.6 is 0 Å². The van der Waals surface area contributed by atoms with E-state index in [-0.39, 0.29) is 0 Å². The van der Waals surface area contributed by atoms with Gasteiger partial charge in [-0.3, -0.25) is 8.78 Å². The van der Waals surface area contributed by atoms with Gasteiger partial charge in [0.15, 0.2) is 0 Å². The van der Waals surface area contributed by atoms with E-state index < -0.39 is 10.8 Å². The number of hydrogen-bond donors (Lipinski definition) is 0. The van der Waals surface area contributed by atoms with E-state index in [9.17, 15) is 4.21 Å². The SMILES string of the molecule is CN(c1ccccc1)c1ccccc1CS(=O)c1nccn1-c1ccccn1. The molecule has 0 saturated carbocycles. The molecule has 0 N–H and O–H groups in total. The van der Waals surface area contributed by atoms with Gasteiger partial charge in [0.05, 0.1) is 16.6 Å². The van der Waals surface area contributed by atoms with Crippen LogP contribution in [0.3, 0.4) is 0 Å². The molecule has 0 saturated heterocycles. The van der Waals surface area contributed by atoms with Gasteiger partial charge in [-0.15, -0.1) is 0 Å². The maximum Gasteiger partial charge on any atom is 0.205 e. The predicted octanol–water partition coefficient (Wildman–Crippen LogP) is 4.34. The summed E-state index contributed by atoms with van der Waals surface area (Å²) in [6.45, 7) is 0. The molecule has 0 amide bonds. The summed E-state index contributed by atoms with van der Waals surface area (Å²) in [4.78, 5) is 10.8. The number of pyridine rings is 1. The molecule has 28 heavy (non-hydrogen) atoms. The van der Waals surface area contributed by atoms with Gasteiger partial charge in [-0.1, -0.05) is 42.5 Å². The van der Waals surface area contributed by atoms with Gasteiger partial charge in [0.1, 0.15) is 5.82 Å². The van der Waals surface area contributed by atoms with E-state index in [4.69, 9.17) is 0 Å². The van der Waals surface area contributed by atoms with Crippen LogP contribution < -0.4 is 4.90 Å². The zero-order valence-corrected chi connectivity index (χ0v) is 16.3. The number of imidazole rings is 1. The summed E-state index contributed by atoms with van der Waals surface area (Å²) in [6.07, 6.45) is 5.16. The number of para-hydroxylation sites is 2. The Morgan fingerprint density at radius 1 is 0.893 bits per heavy atom.